The van der Waals surface area contributed by atoms with Crippen molar-refractivity contribution >= 4 is 17.7 Å². The zero-order chi connectivity index (χ0) is 12.2. The summed E-state index contributed by atoms with van der Waals surface area (Å²) in [5, 5.41) is 3.94. The molecular weight excluding hydrogens is 220 g/mol. The highest BCUT2D eigenvalue weighted by Gasteiger charge is 2.49. The van der Waals surface area contributed by atoms with Crippen molar-refractivity contribution in [1.29, 1.82) is 0 Å². The van der Waals surface area contributed by atoms with E-state index < -0.39 is 5.54 Å². The van der Waals surface area contributed by atoms with Crippen molar-refractivity contribution in [3.05, 3.63) is 0 Å². The molecule has 0 spiro atoms. The smallest absolute Gasteiger partial charge is 0.238 e. The zero-order valence-electron chi connectivity index (χ0n) is 10.6. The molecule has 1 fully saturated rings. The van der Waals surface area contributed by atoms with Gasteiger partial charge in [0.1, 0.15) is 5.54 Å². The van der Waals surface area contributed by atoms with Gasteiger partial charge in [0.2, 0.25) is 5.91 Å². The van der Waals surface area contributed by atoms with Gasteiger partial charge < -0.3 is 11.1 Å². The van der Waals surface area contributed by atoms with E-state index in [1.54, 1.807) is 0 Å². The molecule has 94 valence electrons. The van der Waals surface area contributed by atoms with Crippen LogP contribution in [0.15, 0.2) is 0 Å². The van der Waals surface area contributed by atoms with E-state index in [-0.39, 0.29) is 5.91 Å². The van der Waals surface area contributed by atoms with E-state index in [1.807, 2.05) is 18.7 Å². The normalized spacial score (nSPS) is 21.4. The van der Waals surface area contributed by atoms with Crippen LogP contribution in [0.5, 0.6) is 0 Å². The number of nitrogens with two attached hydrogens (primary N) is 1. The van der Waals surface area contributed by atoms with E-state index in [9.17, 15) is 4.79 Å². The fourth-order valence-corrected chi connectivity index (χ4v) is 3.22. The van der Waals surface area contributed by atoms with Gasteiger partial charge in [-0.15, -0.1) is 0 Å². The molecule has 3 N–H and O–H groups in total. The van der Waals surface area contributed by atoms with E-state index in [0.717, 1.165) is 31.6 Å². The van der Waals surface area contributed by atoms with Crippen molar-refractivity contribution in [2.24, 2.45) is 11.7 Å². The van der Waals surface area contributed by atoms with Gasteiger partial charge in [0.15, 0.2) is 0 Å². The Labute approximate surface area is 103 Å². The number of amides is 1. The Morgan fingerprint density at radius 2 is 2.19 bits per heavy atom. The van der Waals surface area contributed by atoms with Crippen molar-refractivity contribution in [1.82, 2.24) is 5.32 Å². The molecule has 2 atom stereocenters. The second-order valence-corrected chi connectivity index (χ2v) is 6.10. The van der Waals surface area contributed by atoms with Gasteiger partial charge in [-0.2, -0.15) is 11.8 Å². The highest BCUT2D eigenvalue weighted by molar-refractivity contribution is 8.00. The average molecular weight is 244 g/mol. The second-order valence-electron chi connectivity index (χ2n) is 4.67. The van der Waals surface area contributed by atoms with Gasteiger partial charge in [-0.1, -0.05) is 20.8 Å². The highest BCUT2D eigenvalue weighted by Crippen LogP contribution is 2.42. The summed E-state index contributed by atoms with van der Waals surface area (Å²) in [6.45, 7) is 7.22. The first kappa shape index (κ1) is 13.8. The molecule has 0 aliphatic heterocycles. The van der Waals surface area contributed by atoms with Crippen LogP contribution in [0.25, 0.3) is 0 Å². The molecule has 4 heteroatoms. The minimum absolute atomic E-state index is 0.173. The van der Waals surface area contributed by atoms with E-state index in [1.165, 1.54) is 0 Å². The highest BCUT2D eigenvalue weighted by atomic mass is 32.2. The number of likely N-dealkylation sites (N-methyl/N-ethyl adjacent to an activating group) is 1. The molecule has 0 bridgehead atoms. The number of primary amides is 1. The maximum atomic E-state index is 11.7. The first-order valence-corrected chi connectivity index (χ1v) is 7.28. The Morgan fingerprint density at radius 1 is 1.56 bits per heavy atom. The number of carbonyl (C=O) groups is 1. The second kappa shape index (κ2) is 5.92. The van der Waals surface area contributed by atoms with Gasteiger partial charge in [-0.05, 0) is 31.7 Å². The molecule has 0 aromatic heterocycles. The summed E-state index contributed by atoms with van der Waals surface area (Å²) in [5.74, 6) is 1.10. The number of hydrogen-bond acceptors (Lipinski definition) is 3. The third-order valence-corrected chi connectivity index (χ3v) is 4.90. The minimum atomic E-state index is -0.456. The summed E-state index contributed by atoms with van der Waals surface area (Å²) in [6.07, 6.45) is 3.41. The van der Waals surface area contributed by atoms with Crippen molar-refractivity contribution in [3.63, 3.8) is 0 Å². The monoisotopic (exact) mass is 244 g/mol. The fourth-order valence-electron chi connectivity index (χ4n) is 1.96. The quantitative estimate of drug-likeness (QED) is 0.684. The van der Waals surface area contributed by atoms with Crippen LogP contribution in [0.3, 0.4) is 0 Å². The lowest BCUT2D eigenvalue weighted by Gasteiger charge is -2.32. The summed E-state index contributed by atoms with van der Waals surface area (Å²) in [5.41, 5.74) is 5.16. The molecule has 0 saturated heterocycles. The number of thioether (sulfide) groups is 1. The first-order chi connectivity index (χ1) is 7.56. The molecular formula is C12H24N2OS. The molecule has 3 nitrogen and oxygen atoms in total. The largest absolute Gasteiger partial charge is 0.368 e. The molecule has 16 heavy (non-hydrogen) atoms. The Hall–Kier alpha value is -0.220. The molecule has 0 aromatic carbocycles. The zero-order valence-corrected chi connectivity index (χ0v) is 11.4. The molecule has 1 amide bonds. The Morgan fingerprint density at radius 3 is 2.56 bits per heavy atom. The molecule has 1 aliphatic carbocycles. The third kappa shape index (κ3) is 3.14. The van der Waals surface area contributed by atoms with Gasteiger partial charge >= 0.3 is 0 Å². The van der Waals surface area contributed by atoms with Crippen LogP contribution in [0, 0.1) is 5.92 Å². The Kier molecular flexibility index (Phi) is 5.12. The summed E-state index contributed by atoms with van der Waals surface area (Å²) < 4.78 is 0. The maximum Gasteiger partial charge on any atom is 0.238 e. The standard InChI is InChI=1S/C12H24N2OS/c1-4-9(3)16-8-12(11(13)15,14-5-2)10-6-7-10/h9-10,14H,4-8H2,1-3H3,(H2,13,15). The lowest BCUT2D eigenvalue weighted by molar-refractivity contribution is -0.124. The molecule has 1 rings (SSSR count). The van der Waals surface area contributed by atoms with Crippen LogP contribution in [0.2, 0.25) is 0 Å². The molecule has 1 saturated carbocycles. The summed E-state index contributed by atoms with van der Waals surface area (Å²) in [4.78, 5) is 11.7. The number of hydrogen-bond donors (Lipinski definition) is 2. The third-order valence-electron chi connectivity index (χ3n) is 3.38. The van der Waals surface area contributed by atoms with E-state index in [0.29, 0.717) is 11.2 Å². The maximum absolute atomic E-state index is 11.7. The Balaban J connectivity index is 2.64. The fraction of sp³-hybridized carbons (Fsp3) is 0.917. The summed E-state index contributed by atoms with van der Waals surface area (Å²) >= 11 is 1.86. The molecule has 1 aliphatic rings. The SMILES string of the molecule is CCNC(CSC(C)CC)(C(N)=O)C1CC1. The molecule has 0 aromatic rings. The first-order valence-electron chi connectivity index (χ1n) is 6.23. The molecule has 0 radical (unpaired) electrons. The van der Waals surface area contributed by atoms with Gasteiger partial charge in [0.25, 0.3) is 0 Å². The van der Waals surface area contributed by atoms with Crippen molar-refractivity contribution in [3.8, 4) is 0 Å². The Bertz CT molecular complexity index is 243. The van der Waals surface area contributed by atoms with E-state index in [4.69, 9.17) is 5.73 Å². The van der Waals surface area contributed by atoms with Crippen LogP contribution in [0.1, 0.15) is 40.0 Å². The number of rotatable bonds is 8. The predicted octanol–water partition coefficient (Wildman–Crippen LogP) is 1.76. The van der Waals surface area contributed by atoms with Crippen LogP contribution >= 0.6 is 11.8 Å². The van der Waals surface area contributed by atoms with Crippen molar-refractivity contribution < 1.29 is 4.79 Å². The van der Waals surface area contributed by atoms with E-state index >= 15 is 0 Å². The van der Waals surface area contributed by atoms with Crippen LogP contribution in [-0.2, 0) is 4.79 Å². The molecule has 0 heterocycles. The van der Waals surface area contributed by atoms with Crippen molar-refractivity contribution in [2.45, 2.75) is 50.8 Å². The number of carbonyl (C=O) groups excluding carboxylic acids is 1. The lowest BCUT2D eigenvalue weighted by atomic mass is 9.94. The van der Waals surface area contributed by atoms with E-state index in [2.05, 4.69) is 19.2 Å². The lowest BCUT2D eigenvalue weighted by Crippen LogP contribution is -2.59. The van der Waals surface area contributed by atoms with Crippen LogP contribution in [0.4, 0.5) is 0 Å². The van der Waals surface area contributed by atoms with Gasteiger partial charge in [-0.25, -0.2) is 0 Å². The topological polar surface area (TPSA) is 55.1 Å². The van der Waals surface area contributed by atoms with Gasteiger partial charge in [-0.3, -0.25) is 4.79 Å². The number of nitrogens with one attached hydrogen (secondary N) is 1. The van der Waals surface area contributed by atoms with Gasteiger partial charge in [0, 0.05) is 11.0 Å². The van der Waals surface area contributed by atoms with Crippen LogP contribution in [-0.4, -0.2) is 29.0 Å². The summed E-state index contributed by atoms with van der Waals surface area (Å²) in [6, 6.07) is 0. The van der Waals surface area contributed by atoms with Gasteiger partial charge in [0.05, 0.1) is 0 Å². The average Bonchev–Trinajstić information content (AvgIpc) is 3.07. The van der Waals surface area contributed by atoms with Crippen molar-refractivity contribution in [2.75, 3.05) is 12.3 Å². The van der Waals surface area contributed by atoms with Crippen LogP contribution < -0.4 is 11.1 Å². The predicted molar refractivity (Wildman–Crippen MR) is 70.5 cm³/mol. The minimum Gasteiger partial charge on any atom is -0.368 e. The summed E-state index contributed by atoms with van der Waals surface area (Å²) in [7, 11) is 0. The molecule has 2 unspecified atom stereocenters.